The molecule has 2 fully saturated rings. The summed E-state index contributed by atoms with van der Waals surface area (Å²) in [7, 11) is -3.50. The molecule has 7 nitrogen and oxygen atoms in total. The molecule has 0 radical (unpaired) electrons. The van der Waals surface area contributed by atoms with Gasteiger partial charge in [-0.25, -0.2) is 8.42 Å². The SMILES string of the molecule is CC1CCN(c2oc(-c3ccc(S(=O)(=O)N4CCCC(C)C4)cc3)nc2C#N)CC1. The summed E-state index contributed by atoms with van der Waals surface area (Å²) in [6.45, 7) is 7.13. The molecule has 2 aliphatic heterocycles. The van der Waals surface area contributed by atoms with Gasteiger partial charge in [-0.05, 0) is 61.8 Å². The fourth-order valence-electron chi connectivity index (χ4n) is 4.22. The molecule has 0 bridgehead atoms. The Hall–Kier alpha value is -2.37. The number of anilines is 1. The topological polar surface area (TPSA) is 90.4 Å². The van der Waals surface area contributed by atoms with E-state index in [-0.39, 0.29) is 10.6 Å². The molecule has 8 heteroatoms. The van der Waals surface area contributed by atoms with Crippen molar-refractivity contribution in [3.8, 4) is 17.5 Å². The van der Waals surface area contributed by atoms with E-state index in [9.17, 15) is 13.7 Å². The lowest BCUT2D eigenvalue weighted by atomic mass is 9.99. The minimum atomic E-state index is -3.50. The van der Waals surface area contributed by atoms with Crippen LogP contribution in [0.5, 0.6) is 0 Å². The Kier molecular flexibility index (Phi) is 5.85. The highest BCUT2D eigenvalue weighted by Crippen LogP contribution is 2.32. The van der Waals surface area contributed by atoms with Crippen LogP contribution in [0.4, 0.5) is 5.88 Å². The van der Waals surface area contributed by atoms with Gasteiger partial charge in [0.15, 0.2) is 0 Å². The van der Waals surface area contributed by atoms with Crippen LogP contribution in [0, 0.1) is 23.2 Å². The van der Waals surface area contributed by atoms with Crippen molar-refractivity contribution >= 4 is 15.9 Å². The van der Waals surface area contributed by atoms with E-state index in [1.165, 1.54) is 0 Å². The van der Waals surface area contributed by atoms with E-state index in [4.69, 9.17) is 4.42 Å². The Morgan fingerprint density at radius 3 is 2.40 bits per heavy atom. The van der Waals surface area contributed by atoms with E-state index >= 15 is 0 Å². The Morgan fingerprint density at radius 2 is 1.77 bits per heavy atom. The average Bonchev–Trinajstić information content (AvgIpc) is 3.19. The molecule has 4 rings (SSSR count). The van der Waals surface area contributed by atoms with E-state index in [0.29, 0.717) is 42.3 Å². The first-order valence-electron chi connectivity index (χ1n) is 10.6. The normalized spacial score (nSPS) is 21.5. The first-order chi connectivity index (χ1) is 14.4. The van der Waals surface area contributed by atoms with Crippen LogP contribution in [0.3, 0.4) is 0 Å². The van der Waals surface area contributed by atoms with Gasteiger partial charge in [0.2, 0.25) is 27.5 Å². The zero-order chi connectivity index (χ0) is 21.3. The van der Waals surface area contributed by atoms with Gasteiger partial charge in [-0.3, -0.25) is 0 Å². The van der Waals surface area contributed by atoms with Gasteiger partial charge in [0.05, 0.1) is 4.90 Å². The van der Waals surface area contributed by atoms with Crippen LogP contribution in [-0.2, 0) is 10.0 Å². The van der Waals surface area contributed by atoms with Gasteiger partial charge in [0.25, 0.3) is 0 Å². The van der Waals surface area contributed by atoms with Gasteiger partial charge in [-0.15, -0.1) is 0 Å². The fourth-order valence-corrected chi connectivity index (χ4v) is 5.82. The Morgan fingerprint density at radius 1 is 1.07 bits per heavy atom. The van der Waals surface area contributed by atoms with Crippen LogP contribution in [0.2, 0.25) is 0 Å². The third-order valence-corrected chi connectivity index (χ3v) is 8.02. The molecule has 2 aliphatic rings. The van der Waals surface area contributed by atoms with Gasteiger partial charge in [0.1, 0.15) is 6.07 Å². The molecule has 2 aromatic rings. The fraction of sp³-hybridized carbons (Fsp3) is 0.545. The van der Waals surface area contributed by atoms with Crippen molar-refractivity contribution in [2.24, 2.45) is 11.8 Å². The van der Waals surface area contributed by atoms with E-state index in [2.05, 4.69) is 29.8 Å². The van der Waals surface area contributed by atoms with Crippen molar-refractivity contribution in [1.82, 2.24) is 9.29 Å². The highest BCUT2D eigenvalue weighted by molar-refractivity contribution is 7.89. The summed E-state index contributed by atoms with van der Waals surface area (Å²) in [6, 6.07) is 8.73. The minimum Gasteiger partial charge on any atom is -0.419 e. The maximum atomic E-state index is 13.0. The monoisotopic (exact) mass is 428 g/mol. The molecule has 1 atom stereocenters. The number of aromatic nitrogens is 1. The second kappa shape index (κ2) is 8.40. The molecule has 2 saturated heterocycles. The predicted molar refractivity (Wildman–Crippen MR) is 114 cm³/mol. The maximum Gasteiger partial charge on any atom is 0.243 e. The van der Waals surface area contributed by atoms with Crippen LogP contribution >= 0.6 is 0 Å². The lowest BCUT2D eigenvalue weighted by molar-refractivity contribution is 0.281. The smallest absolute Gasteiger partial charge is 0.243 e. The summed E-state index contributed by atoms with van der Waals surface area (Å²) < 4.78 is 33.4. The largest absolute Gasteiger partial charge is 0.419 e. The first kappa shape index (κ1) is 20.9. The van der Waals surface area contributed by atoms with Crippen LogP contribution in [0.25, 0.3) is 11.5 Å². The molecule has 0 N–H and O–H groups in total. The molecule has 0 amide bonds. The number of hydrogen-bond donors (Lipinski definition) is 0. The third kappa shape index (κ3) is 4.09. The standard InChI is InChI=1S/C22H28N4O3S/c1-16-9-12-25(13-10-16)22-20(14-23)24-21(29-22)18-5-7-19(8-6-18)30(27,28)26-11-3-4-17(2)15-26/h5-8,16-17H,3-4,9-13,15H2,1-2H3. The molecule has 0 spiro atoms. The van der Waals surface area contributed by atoms with Crippen LogP contribution in [-0.4, -0.2) is 43.9 Å². The molecule has 0 aliphatic carbocycles. The second-order valence-corrected chi connectivity index (χ2v) is 10.5. The van der Waals surface area contributed by atoms with Gasteiger partial charge >= 0.3 is 0 Å². The number of hydrogen-bond acceptors (Lipinski definition) is 6. The highest BCUT2D eigenvalue weighted by Gasteiger charge is 2.29. The van der Waals surface area contributed by atoms with E-state index in [1.807, 2.05) is 0 Å². The molecular weight excluding hydrogens is 400 g/mol. The van der Waals surface area contributed by atoms with Gasteiger partial charge < -0.3 is 9.32 Å². The second-order valence-electron chi connectivity index (χ2n) is 8.59. The number of sulfonamides is 1. The van der Waals surface area contributed by atoms with Gasteiger partial charge in [-0.2, -0.15) is 14.6 Å². The lowest BCUT2D eigenvalue weighted by Crippen LogP contribution is -2.39. The molecular formula is C22H28N4O3S. The number of piperidine rings is 2. The average molecular weight is 429 g/mol. The quantitative estimate of drug-likeness (QED) is 0.734. The summed E-state index contributed by atoms with van der Waals surface area (Å²) in [5, 5.41) is 9.49. The number of oxazole rings is 1. The summed E-state index contributed by atoms with van der Waals surface area (Å²) in [4.78, 5) is 6.71. The van der Waals surface area contributed by atoms with Crippen molar-refractivity contribution in [3.63, 3.8) is 0 Å². The molecule has 3 heterocycles. The predicted octanol–water partition coefficient (Wildman–Crippen LogP) is 3.87. The van der Waals surface area contributed by atoms with E-state index in [1.54, 1.807) is 28.6 Å². The van der Waals surface area contributed by atoms with Gasteiger partial charge in [0, 0.05) is 31.7 Å². The Balaban J connectivity index is 1.56. The van der Waals surface area contributed by atoms with Crippen LogP contribution in [0.15, 0.2) is 33.6 Å². The molecule has 30 heavy (non-hydrogen) atoms. The number of benzene rings is 1. The summed E-state index contributed by atoms with van der Waals surface area (Å²) in [5.41, 5.74) is 0.938. The summed E-state index contributed by atoms with van der Waals surface area (Å²) >= 11 is 0. The number of rotatable bonds is 4. The van der Waals surface area contributed by atoms with Crippen molar-refractivity contribution in [2.45, 2.75) is 44.4 Å². The van der Waals surface area contributed by atoms with Crippen LogP contribution < -0.4 is 4.90 Å². The minimum absolute atomic E-state index is 0.276. The molecule has 1 unspecified atom stereocenters. The van der Waals surface area contributed by atoms with Crippen molar-refractivity contribution in [3.05, 3.63) is 30.0 Å². The Bertz CT molecular complexity index is 1030. The van der Waals surface area contributed by atoms with Crippen molar-refractivity contribution in [2.75, 3.05) is 31.1 Å². The highest BCUT2D eigenvalue weighted by atomic mass is 32.2. The number of nitrogens with zero attached hydrogens (tertiary/aromatic N) is 4. The van der Waals surface area contributed by atoms with Crippen LogP contribution in [0.1, 0.15) is 45.2 Å². The third-order valence-electron chi connectivity index (χ3n) is 6.14. The zero-order valence-corrected chi connectivity index (χ0v) is 18.4. The summed E-state index contributed by atoms with van der Waals surface area (Å²) in [5.74, 6) is 1.90. The van der Waals surface area contributed by atoms with Crippen molar-refractivity contribution < 1.29 is 12.8 Å². The molecule has 1 aromatic heterocycles. The number of nitriles is 1. The summed E-state index contributed by atoms with van der Waals surface area (Å²) in [6.07, 6.45) is 4.07. The zero-order valence-electron chi connectivity index (χ0n) is 17.5. The molecule has 160 valence electrons. The molecule has 0 saturated carbocycles. The Labute approximate surface area is 178 Å². The molecule has 1 aromatic carbocycles. The lowest BCUT2D eigenvalue weighted by Gasteiger charge is -2.30. The van der Waals surface area contributed by atoms with Crippen molar-refractivity contribution in [1.29, 1.82) is 5.26 Å². The maximum absolute atomic E-state index is 13.0. The van der Waals surface area contributed by atoms with E-state index < -0.39 is 10.0 Å². The van der Waals surface area contributed by atoms with E-state index in [0.717, 1.165) is 38.8 Å². The first-order valence-corrected chi connectivity index (χ1v) is 12.1. The van der Waals surface area contributed by atoms with Gasteiger partial charge in [-0.1, -0.05) is 13.8 Å².